The average molecular weight is 250 g/mol. The molecule has 2 N–H and O–H groups in total. The fourth-order valence-electron chi connectivity index (χ4n) is 3.57. The van der Waals surface area contributed by atoms with E-state index in [1.54, 1.807) is 6.07 Å². The van der Waals surface area contributed by atoms with E-state index in [1.165, 1.54) is 6.42 Å². The molecule has 17 heavy (non-hydrogen) atoms. The fraction of sp³-hybridized carbons (Fsp3) is 0.500. The summed E-state index contributed by atoms with van der Waals surface area (Å²) in [6.07, 6.45) is 3.47. The molecule has 3 heteroatoms. The Bertz CT molecular complexity index is 457. The highest BCUT2D eigenvalue weighted by atomic mass is 35.5. The zero-order valence-electron chi connectivity index (χ0n) is 9.60. The summed E-state index contributed by atoms with van der Waals surface area (Å²) in [5, 5.41) is 0.549. The Morgan fingerprint density at radius 2 is 1.94 bits per heavy atom. The van der Waals surface area contributed by atoms with Gasteiger partial charge in [-0.3, -0.25) is 4.79 Å². The Kier molecular flexibility index (Phi) is 2.72. The van der Waals surface area contributed by atoms with Gasteiger partial charge in [-0.2, -0.15) is 0 Å². The predicted octanol–water partition coefficient (Wildman–Crippen LogP) is 2.90. The molecule has 4 atom stereocenters. The van der Waals surface area contributed by atoms with Gasteiger partial charge in [-0.15, -0.1) is 0 Å². The largest absolute Gasteiger partial charge is 0.327 e. The van der Waals surface area contributed by atoms with Crippen molar-refractivity contribution in [3.05, 3.63) is 34.9 Å². The lowest BCUT2D eigenvalue weighted by molar-refractivity contribution is 0.0856. The van der Waals surface area contributed by atoms with Crippen molar-refractivity contribution in [1.82, 2.24) is 0 Å². The highest BCUT2D eigenvalue weighted by Gasteiger charge is 2.49. The standard InChI is InChI=1S/C14H16ClNO/c15-11-4-2-1-3-10(11)14(17)12-8-5-6-9(7-8)13(12)16/h1-4,8-9,12-13H,5-7,16H2. The summed E-state index contributed by atoms with van der Waals surface area (Å²) in [7, 11) is 0. The third-order valence-corrected chi connectivity index (χ3v) is 4.75. The number of benzene rings is 1. The summed E-state index contributed by atoms with van der Waals surface area (Å²) in [6.45, 7) is 0. The Labute approximate surface area is 106 Å². The molecule has 2 saturated carbocycles. The van der Waals surface area contributed by atoms with Crippen molar-refractivity contribution in [2.45, 2.75) is 25.3 Å². The molecule has 0 aromatic heterocycles. The van der Waals surface area contributed by atoms with Crippen molar-refractivity contribution in [2.24, 2.45) is 23.5 Å². The normalized spacial score (nSPS) is 35.2. The molecular formula is C14H16ClNO. The summed E-state index contributed by atoms with van der Waals surface area (Å²) in [4.78, 5) is 12.5. The first-order valence-electron chi connectivity index (χ1n) is 6.23. The lowest BCUT2D eigenvalue weighted by atomic mass is 9.80. The van der Waals surface area contributed by atoms with E-state index in [1.807, 2.05) is 18.2 Å². The number of carbonyl (C=O) groups is 1. The van der Waals surface area contributed by atoms with Crippen molar-refractivity contribution in [3.8, 4) is 0 Å². The molecule has 0 radical (unpaired) electrons. The van der Waals surface area contributed by atoms with Crippen LogP contribution in [-0.2, 0) is 0 Å². The quantitative estimate of drug-likeness (QED) is 0.819. The number of Topliss-reactive ketones (excluding diaryl/α,β-unsaturated/α-hetero) is 1. The van der Waals surface area contributed by atoms with Crippen molar-refractivity contribution >= 4 is 17.4 Å². The van der Waals surface area contributed by atoms with Crippen LogP contribution >= 0.6 is 11.6 Å². The number of hydrogen-bond donors (Lipinski definition) is 1. The van der Waals surface area contributed by atoms with Gasteiger partial charge >= 0.3 is 0 Å². The molecule has 0 spiro atoms. The lowest BCUT2D eigenvalue weighted by Gasteiger charge is -2.27. The predicted molar refractivity (Wildman–Crippen MR) is 68.1 cm³/mol. The van der Waals surface area contributed by atoms with Crippen LogP contribution in [-0.4, -0.2) is 11.8 Å². The topological polar surface area (TPSA) is 43.1 Å². The highest BCUT2D eigenvalue weighted by molar-refractivity contribution is 6.34. The molecule has 3 rings (SSSR count). The lowest BCUT2D eigenvalue weighted by Crippen LogP contribution is -2.40. The van der Waals surface area contributed by atoms with Crippen LogP contribution in [0.2, 0.25) is 5.02 Å². The van der Waals surface area contributed by atoms with E-state index in [-0.39, 0.29) is 17.7 Å². The molecule has 4 unspecified atom stereocenters. The first-order chi connectivity index (χ1) is 8.18. The number of rotatable bonds is 2. The average Bonchev–Trinajstić information content (AvgIpc) is 2.89. The van der Waals surface area contributed by atoms with Crippen LogP contribution in [0.5, 0.6) is 0 Å². The van der Waals surface area contributed by atoms with Gasteiger partial charge in [-0.25, -0.2) is 0 Å². The van der Waals surface area contributed by atoms with E-state index in [2.05, 4.69) is 0 Å². The van der Waals surface area contributed by atoms with Crippen LogP contribution in [0.25, 0.3) is 0 Å². The van der Waals surface area contributed by atoms with Gasteiger partial charge < -0.3 is 5.73 Å². The summed E-state index contributed by atoms with van der Waals surface area (Å²) < 4.78 is 0. The molecule has 1 aromatic carbocycles. The second-order valence-electron chi connectivity index (χ2n) is 5.28. The molecule has 1 aromatic rings. The summed E-state index contributed by atoms with van der Waals surface area (Å²) in [6, 6.07) is 7.33. The monoisotopic (exact) mass is 249 g/mol. The minimum absolute atomic E-state index is 0.00588. The zero-order valence-corrected chi connectivity index (χ0v) is 10.4. The molecule has 2 aliphatic rings. The van der Waals surface area contributed by atoms with Crippen LogP contribution in [0.1, 0.15) is 29.6 Å². The molecule has 0 saturated heterocycles. The smallest absolute Gasteiger partial charge is 0.169 e. The fourth-order valence-corrected chi connectivity index (χ4v) is 3.79. The Morgan fingerprint density at radius 3 is 2.59 bits per heavy atom. The number of nitrogens with two attached hydrogens (primary N) is 1. The number of ketones is 1. The molecule has 0 amide bonds. The Balaban J connectivity index is 1.91. The molecule has 0 heterocycles. The SMILES string of the molecule is NC1C2CCC(C2)C1C(=O)c1ccccc1Cl. The van der Waals surface area contributed by atoms with E-state index in [9.17, 15) is 4.79 Å². The van der Waals surface area contributed by atoms with Crippen molar-refractivity contribution in [2.75, 3.05) is 0 Å². The molecule has 2 fully saturated rings. The van der Waals surface area contributed by atoms with Gasteiger partial charge in [-0.05, 0) is 43.2 Å². The van der Waals surface area contributed by atoms with Crippen molar-refractivity contribution in [1.29, 1.82) is 0 Å². The minimum Gasteiger partial charge on any atom is -0.327 e. The van der Waals surface area contributed by atoms with Crippen molar-refractivity contribution in [3.63, 3.8) is 0 Å². The Hall–Kier alpha value is -0.860. The molecule has 2 nitrogen and oxygen atoms in total. The number of hydrogen-bond acceptors (Lipinski definition) is 2. The first kappa shape index (κ1) is 11.2. The Morgan fingerprint density at radius 1 is 1.24 bits per heavy atom. The van der Waals surface area contributed by atoms with Gasteiger partial charge in [0.05, 0.1) is 5.02 Å². The molecule has 2 bridgehead atoms. The minimum atomic E-state index is -0.00588. The maximum absolute atomic E-state index is 12.5. The van der Waals surface area contributed by atoms with E-state index in [0.29, 0.717) is 22.4 Å². The maximum Gasteiger partial charge on any atom is 0.169 e. The highest BCUT2D eigenvalue weighted by Crippen LogP contribution is 2.48. The zero-order chi connectivity index (χ0) is 12.0. The van der Waals surface area contributed by atoms with E-state index in [4.69, 9.17) is 17.3 Å². The van der Waals surface area contributed by atoms with Crippen molar-refractivity contribution < 1.29 is 4.79 Å². The summed E-state index contributed by atoms with van der Waals surface area (Å²) >= 11 is 6.09. The second-order valence-corrected chi connectivity index (χ2v) is 5.69. The van der Waals surface area contributed by atoms with E-state index in [0.717, 1.165) is 12.8 Å². The number of halogens is 1. The van der Waals surface area contributed by atoms with E-state index < -0.39 is 0 Å². The van der Waals surface area contributed by atoms with Gasteiger partial charge in [0.2, 0.25) is 0 Å². The van der Waals surface area contributed by atoms with Crippen LogP contribution in [0.3, 0.4) is 0 Å². The molecule has 2 aliphatic carbocycles. The van der Waals surface area contributed by atoms with Crippen LogP contribution < -0.4 is 5.73 Å². The molecule has 90 valence electrons. The van der Waals surface area contributed by atoms with Crippen LogP contribution in [0.4, 0.5) is 0 Å². The van der Waals surface area contributed by atoms with Crippen LogP contribution in [0.15, 0.2) is 24.3 Å². The van der Waals surface area contributed by atoms with E-state index >= 15 is 0 Å². The van der Waals surface area contributed by atoms with Gasteiger partial charge in [-0.1, -0.05) is 23.7 Å². The summed E-state index contributed by atoms with van der Waals surface area (Å²) in [5.41, 5.74) is 6.83. The van der Waals surface area contributed by atoms with Gasteiger partial charge in [0.25, 0.3) is 0 Å². The molecule has 0 aliphatic heterocycles. The summed E-state index contributed by atoms with van der Waals surface area (Å²) in [5.74, 6) is 1.18. The molecular weight excluding hydrogens is 234 g/mol. The van der Waals surface area contributed by atoms with Gasteiger partial charge in [0.1, 0.15) is 0 Å². The number of fused-ring (bicyclic) bond motifs is 2. The second kappa shape index (κ2) is 4.11. The number of carbonyl (C=O) groups excluding carboxylic acids is 1. The van der Waals surface area contributed by atoms with Gasteiger partial charge in [0.15, 0.2) is 5.78 Å². The third kappa shape index (κ3) is 1.71. The van der Waals surface area contributed by atoms with Crippen LogP contribution in [0, 0.1) is 17.8 Å². The third-order valence-electron chi connectivity index (χ3n) is 4.42. The maximum atomic E-state index is 12.5. The van der Waals surface area contributed by atoms with Gasteiger partial charge in [0, 0.05) is 17.5 Å². The first-order valence-corrected chi connectivity index (χ1v) is 6.60.